The molecule has 0 aliphatic carbocycles. The Balaban J connectivity index is 2.18. The van der Waals surface area contributed by atoms with Crippen molar-refractivity contribution in [3.8, 4) is 10.6 Å². The van der Waals surface area contributed by atoms with Crippen LogP contribution in [-0.2, 0) is 7.05 Å². The molecular formula is C12H11N3S. The van der Waals surface area contributed by atoms with Gasteiger partial charge in [-0.1, -0.05) is 0 Å². The van der Waals surface area contributed by atoms with Gasteiger partial charge in [0.15, 0.2) is 0 Å². The van der Waals surface area contributed by atoms with Gasteiger partial charge in [0.1, 0.15) is 5.01 Å². The molecule has 80 valence electrons. The molecule has 0 atom stereocenters. The Hall–Kier alpha value is -1.68. The molecule has 0 saturated carbocycles. The largest absolute Gasteiger partial charge is 0.334 e. The summed E-state index contributed by atoms with van der Waals surface area (Å²) in [6, 6.07) is 6.28. The van der Waals surface area contributed by atoms with Crippen LogP contribution in [0.5, 0.6) is 0 Å². The van der Waals surface area contributed by atoms with Crippen LogP contribution in [-0.4, -0.2) is 14.5 Å². The predicted octanol–water partition coefficient (Wildman–Crippen LogP) is 3.01. The molecule has 0 bridgehead atoms. The third-order valence-corrected chi connectivity index (χ3v) is 3.60. The van der Waals surface area contributed by atoms with Crippen LogP contribution in [0.4, 0.5) is 0 Å². The highest BCUT2D eigenvalue weighted by Gasteiger charge is 2.05. The van der Waals surface area contributed by atoms with E-state index >= 15 is 0 Å². The summed E-state index contributed by atoms with van der Waals surface area (Å²) in [4.78, 5) is 8.83. The van der Waals surface area contributed by atoms with Gasteiger partial charge in [0.25, 0.3) is 0 Å². The molecular weight excluding hydrogens is 218 g/mol. The zero-order valence-corrected chi connectivity index (χ0v) is 9.95. The van der Waals surface area contributed by atoms with Crippen LogP contribution in [0.25, 0.3) is 21.6 Å². The maximum absolute atomic E-state index is 4.48. The Kier molecular flexibility index (Phi) is 2.04. The van der Waals surface area contributed by atoms with E-state index < -0.39 is 0 Å². The summed E-state index contributed by atoms with van der Waals surface area (Å²) in [5, 5.41) is 3.13. The second-order valence-corrected chi connectivity index (χ2v) is 4.71. The fraction of sp³-hybridized carbons (Fsp3) is 0.167. The maximum atomic E-state index is 4.48. The number of benzene rings is 1. The van der Waals surface area contributed by atoms with Crippen molar-refractivity contribution in [1.82, 2.24) is 14.5 Å². The van der Waals surface area contributed by atoms with Crippen molar-refractivity contribution < 1.29 is 0 Å². The molecule has 1 aromatic carbocycles. The molecule has 0 amide bonds. The first-order valence-electron chi connectivity index (χ1n) is 5.07. The lowest BCUT2D eigenvalue weighted by Gasteiger charge is -1.97. The van der Waals surface area contributed by atoms with Gasteiger partial charge in [0.05, 0.1) is 17.4 Å². The monoisotopic (exact) mass is 229 g/mol. The second-order valence-electron chi connectivity index (χ2n) is 3.85. The van der Waals surface area contributed by atoms with Gasteiger partial charge in [-0.05, 0) is 25.1 Å². The predicted molar refractivity (Wildman–Crippen MR) is 66.6 cm³/mol. The number of fused-ring (bicyclic) bond motifs is 1. The molecule has 0 N–H and O–H groups in total. The Morgan fingerprint density at radius 1 is 1.31 bits per heavy atom. The van der Waals surface area contributed by atoms with Crippen molar-refractivity contribution >= 4 is 22.4 Å². The van der Waals surface area contributed by atoms with Crippen LogP contribution in [0.3, 0.4) is 0 Å². The molecule has 3 nitrogen and oxygen atoms in total. The van der Waals surface area contributed by atoms with E-state index in [0.717, 1.165) is 27.3 Å². The van der Waals surface area contributed by atoms with Crippen molar-refractivity contribution in [2.45, 2.75) is 6.92 Å². The second kappa shape index (κ2) is 3.42. The molecule has 3 rings (SSSR count). The van der Waals surface area contributed by atoms with Crippen LogP contribution < -0.4 is 0 Å². The molecule has 0 aliphatic rings. The molecule has 0 unspecified atom stereocenters. The van der Waals surface area contributed by atoms with Gasteiger partial charge < -0.3 is 4.57 Å². The minimum atomic E-state index is 1.02. The van der Waals surface area contributed by atoms with E-state index in [1.165, 1.54) is 0 Å². The summed E-state index contributed by atoms with van der Waals surface area (Å²) in [6.45, 7) is 2.01. The van der Waals surface area contributed by atoms with Crippen LogP contribution in [0.2, 0.25) is 0 Å². The smallest absolute Gasteiger partial charge is 0.123 e. The Morgan fingerprint density at radius 2 is 2.19 bits per heavy atom. The van der Waals surface area contributed by atoms with Crippen LogP contribution in [0.1, 0.15) is 5.69 Å². The van der Waals surface area contributed by atoms with Crippen molar-refractivity contribution in [3.63, 3.8) is 0 Å². The third-order valence-electron chi connectivity index (χ3n) is 2.59. The molecule has 0 saturated heterocycles. The zero-order valence-electron chi connectivity index (χ0n) is 9.14. The molecule has 3 aromatic rings. The molecule has 4 heteroatoms. The van der Waals surface area contributed by atoms with E-state index in [-0.39, 0.29) is 0 Å². The molecule has 16 heavy (non-hydrogen) atoms. The summed E-state index contributed by atoms with van der Waals surface area (Å²) in [6.07, 6.45) is 1.83. The van der Waals surface area contributed by atoms with Gasteiger partial charge in [-0.2, -0.15) is 0 Å². The van der Waals surface area contributed by atoms with Gasteiger partial charge >= 0.3 is 0 Å². The van der Waals surface area contributed by atoms with Gasteiger partial charge in [0, 0.05) is 23.7 Å². The van der Waals surface area contributed by atoms with E-state index in [4.69, 9.17) is 0 Å². The minimum absolute atomic E-state index is 1.02. The van der Waals surface area contributed by atoms with Gasteiger partial charge in [-0.3, -0.25) is 0 Å². The highest BCUT2D eigenvalue weighted by molar-refractivity contribution is 7.13. The average Bonchev–Trinajstić information content (AvgIpc) is 2.86. The van der Waals surface area contributed by atoms with Gasteiger partial charge in [0.2, 0.25) is 0 Å². The lowest BCUT2D eigenvalue weighted by atomic mass is 10.2. The molecule has 0 radical (unpaired) electrons. The van der Waals surface area contributed by atoms with Crippen LogP contribution >= 0.6 is 11.3 Å². The molecule has 2 heterocycles. The summed E-state index contributed by atoms with van der Waals surface area (Å²) in [5.41, 5.74) is 4.38. The first-order chi connectivity index (χ1) is 7.74. The highest BCUT2D eigenvalue weighted by atomic mass is 32.1. The number of aromatic nitrogens is 3. The lowest BCUT2D eigenvalue weighted by molar-refractivity contribution is 0.948. The summed E-state index contributed by atoms with van der Waals surface area (Å²) in [5.74, 6) is 0. The fourth-order valence-corrected chi connectivity index (χ4v) is 2.55. The highest BCUT2D eigenvalue weighted by Crippen LogP contribution is 2.26. The van der Waals surface area contributed by atoms with Crippen molar-refractivity contribution in [2.24, 2.45) is 7.05 Å². The SMILES string of the molecule is Cc1csc(-c2ccc3c(c2)ncn3C)n1. The Labute approximate surface area is 97.4 Å². The number of rotatable bonds is 1. The number of hydrogen-bond acceptors (Lipinski definition) is 3. The number of imidazole rings is 1. The minimum Gasteiger partial charge on any atom is -0.334 e. The summed E-state index contributed by atoms with van der Waals surface area (Å²) >= 11 is 1.67. The lowest BCUT2D eigenvalue weighted by Crippen LogP contribution is -1.83. The normalized spacial score (nSPS) is 11.1. The number of hydrogen-bond donors (Lipinski definition) is 0. The fourth-order valence-electron chi connectivity index (χ4n) is 1.76. The van der Waals surface area contributed by atoms with Crippen LogP contribution in [0, 0.1) is 6.92 Å². The average molecular weight is 229 g/mol. The van der Waals surface area contributed by atoms with Crippen molar-refractivity contribution in [1.29, 1.82) is 0 Å². The topological polar surface area (TPSA) is 30.7 Å². The van der Waals surface area contributed by atoms with E-state index in [1.54, 1.807) is 11.3 Å². The number of nitrogens with zero attached hydrogens (tertiary/aromatic N) is 3. The van der Waals surface area contributed by atoms with E-state index in [9.17, 15) is 0 Å². The quantitative estimate of drug-likeness (QED) is 0.642. The molecule has 0 aliphatic heterocycles. The van der Waals surface area contributed by atoms with E-state index in [2.05, 4.69) is 33.5 Å². The molecule has 2 aromatic heterocycles. The van der Waals surface area contributed by atoms with E-state index in [0.29, 0.717) is 0 Å². The summed E-state index contributed by atoms with van der Waals surface area (Å²) < 4.78 is 2.02. The van der Waals surface area contributed by atoms with E-state index in [1.807, 2.05) is 24.9 Å². The Bertz CT molecular complexity index is 651. The first-order valence-corrected chi connectivity index (χ1v) is 5.95. The molecule has 0 spiro atoms. The van der Waals surface area contributed by atoms with Gasteiger partial charge in [-0.25, -0.2) is 9.97 Å². The zero-order chi connectivity index (χ0) is 11.1. The van der Waals surface area contributed by atoms with Crippen LogP contribution in [0.15, 0.2) is 29.9 Å². The maximum Gasteiger partial charge on any atom is 0.123 e. The van der Waals surface area contributed by atoms with Gasteiger partial charge in [-0.15, -0.1) is 11.3 Å². The number of thiazole rings is 1. The third kappa shape index (κ3) is 1.42. The summed E-state index contributed by atoms with van der Waals surface area (Å²) in [7, 11) is 2.00. The first kappa shape index (κ1) is 9.54. The van der Waals surface area contributed by atoms with Crippen molar-refractivity contribution in [3.05, 3.63) is 35.6 Å². The number of aryl methyl sites for hydroxylation is 2. The standard InChI is InChI=1S/C12H11N3S/c1-8-6-16-12(14-8)9-3-4-11-10(5-9)13-7-15(11)2/h3-7H,1-2H3. The molecule has 0 fully saturated rings. The van der Waals surface area contributed by atoms with Crippen molar-refractivity contribution in [2.75, 3.05) is 0 Å². The Morgan fingerprint density at radius 3 is 2.94 bits per heavy atom.